The highest BCUT2D eigenvalue weighted by molar-refractivity contribution is 5.81. The number of carbonyl (C=O) groups is 2. The summed E-state index contributed by atoms with van der Waals surface area (Å²) >= 11 is 0. The number of rotatable bonds is 4. The van der Waals surface area contributed by atoms with Crippen LogP contribution in [0.15, 0.2) is 30.3 Å². The van der Waals surface area contributed by atoms with Crippen molar-refractivity contribution in [2.24, 2.45) is 0 Å². The predicted molar refractivity (Wildman–Crippen MR) is 87.2 cm³/mol. The van der Waals surface area contributed by atoms with Gasteiger partial charge < -0.3 is 14.9 Å². The third-order valence-corrected chi connectivity index (χ3v) is 5.56. The van der Waals surface area contributed by atoms with Crippen molar-refractivity contribution in [3.8, 4) is 0 Å². The van der Waals surface area contributed by atoms with Gasteiger partial charge in [0.1, 0.15) is 0 Å². The van der Waals surface area contributed by atoms with Crippen LogP contribution in [0.4, 0.5) is 0 Å². The van der Waals surface area contributed by atoms with Gasteiger partial charge in [-0.3, -0.25) is 9.59 Å². The number of piperidine rings is 1. The Kier molecular flexibility index (Phi) is 4.39. The zero-order valence-electron chi connectivity index (χ0n) is 13.6. The van der Waals surface area contributed by atoms with Crippen LogP contribution in [0.5, 0.6) is 0 Å². The van der Waals surface area contributed by atoms with Crippen molar-refractivity contribution in [3.63, 3.8) is 0 Å². The maximum absolute atomic E-state index is 12.3. The van der Waals surface area contributed by atoms with Crippen LogP contribution >= 0.6 is 0 Å². The van der Waals surface area contributed by atoms with E-state index < -0.39 is 5.97 Å². The topological polar surface area (TPSA) is 60.9 Å². The maximum Gasteiger partial charge on any atom is 0.303 e. The van der Waals surface area contributed by atoms with Crippen LogP contribution in [0.25, 0.3) is 0 Å². The van der Waals surface area contributed by atoms with Crippen LogP contribution in [0.2, 0.25) is 0 Å². The molecule has 2 aliphatic rings. The minimum atomic E-state index is -0.910. The van der Waals surface area contributed by atoms with Gasteiger partial charge in [0.2, 0.25) is 5.91 Å². The minimum Gasteiger partial charge on any atom is -0.481 e. The lowest BCUT2D eigenvalue weighted by atomic mass is 9.69. The molecule has 0 aliphatic carbocycles. The number of likely N-dealkylation sites (N-methyl/N-ethyl adjacent to an activating group) is 1. The molecule has 5 heteroatoms. The summed E-state index contributed by atoms with van der Waals surface area (Å²) in [5.41, 5.74) is 1.49. The van der Waals surface area contributed by atoms with Gasteiger partial charge in [0.25, 0.3) is 0 Å². The first-order valence-corrected chi connectivity index (χ1v) is 8.28. The van der Waals surface area contributed by atoms with E-state index in [0.717, 1.165) is 25.9 Å². The van der Waals surface area contributed by atoms with E-state index in [0.29, 0.717) is 12.6 Å². The molecular weight excluding hydrogens is 292 g/mol. The van der Waals surface area contributed by atoms with Crippen molar-refractivity contribution < 1.29 is 14.7 Å². The molecule has 124 valence electrons. The van der Waals surface area contributed by atoms with Gasteiger partial charge in [0, 0.05) is 31.0 Å². The molecule has 1 aromatic rings. The molecule has 1 aromatic carbocycles. The van der Waals surface area contributed by atoms with Gasteiger partial charge in [-0.05, 0) is 32.0 Å². The van der Waals surface area contributed by atoms with Crippen LogP contribution in [-0.2, 0) is 15.0 Å². The molecule has 1 amide bonds. The van der Waals surface area contributed by atoms with E-state index in [1.54, 1.807) is 0 Å². The molecule has 2 saturated heterocycles. The standard InChI is InChI=1S/C18H24N2O3/c1-19-11-9-18(14-5-3-2-4-6-14)10-12-20(13-15(18)19)16(21)7-8-17(22)23/h2-6,15H,7-13H2,1H3,(H,22,23)/t15-,18+/m1/s1. The number of likely N-dealkylation sites (tertiary alicyclic amines) is 2. The average molecular weight is 316 g/mol. The smallest absolute Gasteiger partial charge is 0.303 e. The number of carboxylic acids is 1. The van der Waals surface area contributed by atoms with Gasteiger partial charge in [-0.1, -0.05) is 30.3 Å². The fourth-order valence-electron chi connectivity index (χ4n) is 4.21. The summed E-state index contributed by atoms with van der Waals surface area (Å²) in [5.74, 6) is -0.943. The second-order valence-electron chi connectivity index (χ2n) is 6.75. The van der Waals surface area contributed by atoms with E-state index in [1.165, 1.54) is 5.56 Å². The van der Waals surface area contributed by atoms with Crippen molar-refractivity contribution >= 4 is 11.9 Å². The quantitative estimate of drug-likeness (QED) is 0.919. The molecule has 2 aliphatic heterocycles. The molecular formula is C18H24N2O3. The number of hydrogen-bond acceptors (Lipinski definition) is 3. The average Bonchev–Trinajstić information content (AvgIpc) is 2.91. The monoisotopic (exact) mass is 316 g/mol. The van der Waals surface area contributed by atoms with Crippen LogP contribution in [0.1, 0.15) is 31.2 Å². The largest absolute Gasteiger partial charge is 0.481 e. The third kappa shape index (κ3) is 2.98. The number of nitrogens with zero attached hydrogens (tertiary/aromatic N) is 2. The first-order valence-electron chi connectivity index (χ1n) is 8.28. The Morgan fingerprint density at radius 2 is 1.87 bits per heavy atom. The zero-order valence-corrected chi connectivity index (χ0v) is 13.6. The fraction of sp³-hybridized carbons (Fsp3) is 0.556. The molecule has 0 unspecified atom stereocenters. The number of aliphatic carboxylic acids is 1. The van der Waals surface area contributed by atoms with Crippen LogP contribution < -0.4 is 0 Å². The second kappa shape index (κ2) is 6.32. The summed E-state index contributed by atoms with van der Waals surface area (Å²) < 4.78 is 0. The molecule has 1 N–H and O–H groups in total. The number of carbonyl (C=O) groups excluding carboxylic acids is 1. The highest BCUT2D eigenvalue weighted by atomic mass is 16.4. The molecule has 2 heterocycles. The van der Waals surface area contributed by atoms with E-state index >= 15 is 0 Å². The van der Waals surface area contributed by atoms with E-state index in [1.807, 2.05) is 11.0 Å². The minimum absolute atomic E-state index is 0.0330. The molecule has 2 atom stereocenters. The summed E-state index contributed by atoms with van der Waals surface area (Å²) in [7, 11) is 2.13. The Bertz CT molecular complexity index is 589. The van der Waals surface area contributed by atoms with Gasteiger partial charge in [-0.15, -0.1) is 0 Å². The molecule has 23 heavy (non-hydrogen) atoms. The Labute approximate surface area is 136 Å². The van der Waals surface area contributed by atoms with Crippen molar-refractivity contribution in [1.82, 2.24) is 9.80 Å². The van der Waals surface area contributed by atoms with E-state index in [9.17, 15) is 9.59 Å². The van der Waals surface area contributed by atoms with Gasteiger partial charge in [0.05, 0.1) is 6.42 Å². The predicted octanol–water partition coefficient (Wildman–Crippen LogP) is 1.73. The molecule has 0 saturated carbocycles. The van der Waals surface area contributed by atoms with Crippen molar-refractivity contribution in [2.45, 2.75) is 37.1 Å². The number of carboxylic acid groups (broad SMARTS) is 1. The molecule has 2 fully saturated rings. The molecule has 5 nitrogen and oxygen atoms in total. The van der Waals surface area contributed by atoms with Gasteiger partial charge >= 0.3 is 5.97 Å². The normalized spacial score (nSPS) is 27.7. The maximum atomic E-state index is 12.3. The van der Waals surface area contributed by atoms with Gasteiger partial charge in [0.15, 0.2) is 0 Å². The van der Waals surface area contributed by atoms with Gasteiger partial charge in [-0.25, -0.2) is 0 Å². The SMILES string of the molecule is CN1CC[C@@]2(c3ccccc3)CCN(C(=O)CCC(=O)O)C[C@@H]12. The van der Waals surface area contributed by atoms with Crippen molar-refractivity contribution in [3.05, 3.63) is 35.9 Å². The number of fused-ring (bicyclic) bond motifs is 1. The van der Waals surface area contributed by atoms with Crippen molar-refractivity contribution in [1.29, 1.82) is 0 Å². The summed E-state index contributed by atoms with van der Waals surface area (Å²) in [6.45, 7) is 2.46. The molecule has 0 radical (unpaired) electrons. The summed E-state index contributed by atoms with van der Waals surface area (Å²) in [4.78, 5) is 27.2. The molecule has 0 bridgehead atoms. The van der Waals surface area contributed by atoms with Crippen LogP contribution in [0, 0.1) is 0 Å². The van der Waals surface area contributed by atoms with E-state index in [4.69, 9.17) is 5.11 Å². The van der Waals surface area contributed by atoms with Crippen molar-refractivity contribution in [2.75, 3.05) is 26.7 Å². The lowest BCUT2D eigenvalue weighted by molar-refractivity contribution is -0.141. The Hall–Kier alpha value is -1.88. The number of amides is 1. The summed E-state index contributed by atoms with van der Waals surface area (Å²) in [5, 5.41) is 8.76. The Morgan fingerprint density at radius 1 is 1.17 bits per heavy atom. The Balaban J connectivity index is 1.77. The molecule has 0 spiro atoms. The van der Waals surface area contributed by atoms with Crippen LogP contribution in [0.3, 0.4) is 0 Å². The molecule has 3 rings (SSSR count). The molecule has 0 aromatic heterocycles. The summed E-state index contributed by atoms with van der Waals surface area (Å²) in [6, 6.07) is 10.9. The highest BCUT2D eigenvalue weighted by Gasteiger charge is 2.50. The third-order valence-electron chi connectivity index (χ3n) is 5.56. The highest BCUT2D eigenvalue weighted by Crippen LogP contribution is 2.45. The second-order valence-corrected chi connectivity index (χ2v) is 6.75. The number of hydrogen-bond donors (Lipinski definition) is 1. The van der Waals surface area contributed by atoms with E-state index in [-0.39, 0.29) is 24.2 Å². The Morgan fingerprint density at radius 3 is 2.57 bits per heavy atom. The lowest BCUT2D eigenvalue weighted by Crippen LogP contribution is -2.56. The van der Waals surface area contributed by atoms with Gasteiger partial charge in [-0.2, -0.15) is 0 Å². The first kappa shape index (κ1) is 16.0. The fourth-order valence-corrected chi connectivity index (χ4v) is 4.21. The lowest BCUT2D eigenvalue weighted by Gasteiger charge is -2.46. The van der Waals surface area contributed by atoms with E-state index in [2.05, 4.69) is 36.2 Å². The number of benzene rings is 1. The summed E-state index contributed by atoms with van der Waals surface area (Å²) in [6.07, 6.45) is 2.09. The van der Waals surface area contributed by atoms with Crippen LogP contribution in [-0.4, -0.2) is 59.5 Å². The first-order chi connectivity index (χ1) is 11.0. The zero-order chi connectivity index (χ0) is 16.4.